The highest BCUT2D eigenvalue weighted by Gasteiger charge is 2.41. The lowest BCUT2D eigenvalue weighted by atomic mass is 9.97. The van der Waals surface area contributed by atoms with Crippen LogP contribution in [0, 0.1) is 11.3 Å². The normalized spacial score (nSPS) is 21.3. The van der Waals surface area contributed by atoms with Crippen molar-refractivity contribution in [2.24, 2.45) is 0 Å². The van der Waals surface area contributed by atoms with E-state index in [1.54, 1.807) is 0 Å². The number of amides is 1. The summed E-state index contributed by atoms with van der Waals surface area (Å²) in [5.74, 6) is -0.236. The molecule has 0 spiro atoms. The number of hydrogen-bond donors (Lipinski definition) is 1. The van der Waals surface area contributed by atoms with E-state index in [2.05, 4.69) is 0 Å². The molecule has 0 aliphatic carbocycles. The van der Waals surface area contributed by atoms with Gasteiger partial charge >= 0.3 is 6.18 Å². The van der Waals surface area contributed by atoms with E-state index in [-0.39, 0.29) is 35.9 Å². The topological polar surface area (TPSA) is 64.3 Å². The number of rotatable bonds is 4. The monoisotopic (exact) mass is 344 g/mol. The Morgan fingerprint density at radius 1 is 1.43 bits per heavy atom. The van der Waals surface area contributed by atoms with E-state index in [1.807, 2.05) is 6.07 Å². The molecule has 124 valence electrons. The standard InChI is InChI=1S/C15H15F3N2O2S/c16-15(17,18)12-4-2-1-3-11(12)13-7-10(21)8-20(13)14(22)9-23-6-5-19/h1-4,10,13,21H,6-9H2. The summed E-state index contributed by atoms with van der Waals surface area (Å²) in [5.41, 5.74) is -0.795. The van der Waals surface area contributed by atoms with E-state index in [4.69, 9.17) is 5.26 Å². The Hall–Kier alpha value is -1.72. The Labute approximate surface area is 135 Å². The van der Waals surface area contributed by atoms with E-state index in [0.717, 1.165) is 17.8 Å². The maximum absolute atomic E-state index is 13.2. The number of benzene rings is 1. The molecular formula is C15H15F3N2O2S. The molecule has 1 heterocycles. The average Bonchev–Trinajstić information content (AvgIpc) is 2.88. The van der Waals surface area contributed by atoms with Crippen LogP contribution >= 0.6 is 11.8 Å². The van der Waals surface area contributed by atoms with Gasteiger partial charge in [-0.25, -0.2) is 0 Å². The van der Waals surface area contributed by atoms with Crippen molar-refractivity contribution >= 4 is 17.7 Å². The predicted molar refractivity (Wildman–Crippen MR) is 79.5 cm³/mol. The number of halogens is 3. The van der Waals surface area contributed by atoms with Gasteiger partial charge in [0, 0.05) is 6.54 Å². The van der Waals surface area contributed by atoms with Crippen LogP contribution in [0.2, 0.25) is 0 Å². The first kappa shape index (κ1) is 17.6. The van der Waals surface area contributed by atoms with Gasteiger partial charge in [0.25, 0.3) is 0 Å². The van der Waals surface area contributed by atoms with Crippen LogP contribution in [-0.2, 0) is 11.0 Å². The summed E-state index contributed by atoms with van der Waals surface area (Å²) in [6.45, 7) is 0.00278. The molecule has 0 bridgehead atoms. The zero-order chi connectivity index (χ0) is 17.0. The van der Waals surface area contributed by atoms with Gasteiger partial charge in [0.2, 0.25) is 5.91 Å². The fraction of sp³-hybridized carbons (Fsp3) is 0.467. The highest BCUT2D eigenvalue weighted by atomic mass is 32.2. The second-order valence-corrected chi connectivity index (χ2v) is 6.17. The number of nitrogens with zero attached hydrogens (tertiary/aromatic N) is 2. The minimum absolute atomic E-state index is 0.00278. The Morgan fingerprint density at radius 2 is 2.13 bits per heavy atom. The van der Waals surface area contributed by atoms with Gasteiger partial charge in [0.05, 0.1) is 35.3 Å². The molecule has 2 atom stereocenters. The summed E-state index contributed by atoms with van der Waals surface area (Å²) in [4.78, 5) is 13.5. The highest BCUT2D eigenvalue weighted by Crippen LogP contribution is 2.40. The number of carbonyl (C=O) groups is 1. The number of thioether (sulfide) groups is 1. The molecule has 8 heteroatoms. The van der Waals surface area contributed by atoms with Crippen molar-refractivity contribution < 1.29 is 23.1 Å². The molecular weight excluding hydrogens is 329 g/mol. The average molecular weight is 344 g/mol. The Bertz CT molecular complexity index is 615. The number of hydrogen-bond acceptors (Lipinski definition) is 4. The second-order valence-electron chi connectivity index (χ2n) is 5.19. The van der Waals surface area contributed by atoms with Gasteiger partial charge in [-0.2, -0.15) is 18.4 Å². The lowest BCUT2D eigenvalue weighted by molar-refractivity contribution is -0.140. The van der Waals surface area contributed by atoms with Crippen molar-refractivity contribution in [3.05, 3.63) is 35.4 Å². The van der Waals surface area contributed by atoms with E-state index < -0.39 is 23.9 Å². The zero-order valence-corrected chi connectivity index (χ0v) is 12.9. The molecule has 0 aromatic heterocycles. The van der Waals surface area contributed by atoms with Gasteiger partial charge in [0.1, 0.15) is 0 Å². The molecule has 2 unspecified atom stereocenters. The number of alkyl halides is 3. The Balaban J connectivity index is 2.27. The minimum Gasteiger partial charge on any atom is -0.391 e. The fourth-order valence-electron chi connectivity index (χ4n) is 2.70. The van der Waals surface area contributed by atoms with Crippen LogP contribution in [0.5, 0.6) is 0 Å². The number of aliphatic hydroxyl groups is 1. The van der Waals surface area contributed by atoms with Crippen LogP contribution < -0.4 is 0 Å². The molecule has 1 aliphatic heterocycles. The Kier molecular flexibility index (Phi) is 5.55. The van der Waals surface area contributed by atoms with Gasteiger partial charge in [-0.1, -0.05) is 18.2 Å². The first-order valence-electron chi connectivity index (χ1n) is 6.93. The summed E-state index contributed by atoms with van der Waals surface area (Å²) in [6, 6.07) is 6.19. The maximum atomic E-state index is 13.2. The molecule has 1 amide bonds. The SMILES string of the molecule is N#CCSCC(=O)N1CC(O)CC1c1ccccc1C(F)(F)F. The summed E-state index contributed by atoms with van der Waals surface area (Å²) in [5, 5.41) is 18.3. The van der Waals surface area contributed by atoms with Gasteiger partial charge in [-0.3, -0.25) is 4.79 Å². The zero-order valence-electron chi connectivity index (χ0n) is 12.1. The second kappa shape index (κ2) is 7.23. The van der Waals surface area contributed by atoms with Crippen LogP contribution in [0.25, 0.3) is 0 Å². The van der Waals surface area contributed by atoms with Gasteiger partial charge in [0.15, 0.2) is 0 Å². The van der Waals surface area contributed by atoms with E-state index in [9.17, 15) is 23.1 Å². The molecule has 1 aliphatic rings. The lowest BCUT2D eigenvalue weighted by Crippen LogP contribution is -2.34. The van der Waals surface area contributed by atoms with Crippen molar-refractivity contribution in [3.8, 4) is 6.07 Å². The molecule has 1 saturated heterocycles. The summed E-state index contributed by atoms with van der Waals surface area (Å²) < 4.78 is 39.5. The number of aliphatic hydroxyl groups excluding tert-OH is 1. The quantitative estimate of drug-likeness (QED) is 0.853. The predicted octanol–water partition coefficient (Wildman–Crippen LogP) is 2.60. The molecule has 0 saturated carbocycles. The Morgan fingerprint density at radius 3 is 2.78 bits per heavy atom. The maximum Gasteiger partial charge on any atom is 0.416 e. The van der Waals surface area contributed by atoms with Crippen molar-refractivity contribution in [2.45, 2.75) is 24.7 Å². The third-order valence-corrected chi connectivity index (χ3v) is 4.40. The van der Waals surface area contributed by atoms with Crippen LogP contribution in [0.15, 0.2) is 24.3 Å². The molecule has 0 radical (unpaired) electrons. The summed E-state index contributed by atoms with van der Waals surface area (Å²) >= 11 is 1.10. The van der Waals surface area contributed by atoms with E-state index >= 15 is 0 Å². The van der Waals surface area contributed by atoms with Gasteiger partial charge in [-0.05, 0) is 18.1 Å². The largest absolute Gasteiger partial charge is 0.416 e. The van der Waals surface area contributed by atoms with Crippen LogP contribution in [0.4, 0.5) is 13.2 Å². The fourth-order valence-corrected chi connectivity index (χ4v) is 3.23. The molecule has 4 nitrogen and oxygen atoms in total. The minimum atomic E-state index is -4.52. The van der Waals surface area contributed by atoms with E-state index in [1.165, 1.54) is 23.1 Å². The first-order valence-corrected chi connectivity index (χ1v) is 8.08. The molecule has 1 aromatic rings. The van der Waals surface area contributed by atoms with Gasteiger partial charge < -0.3 is 10.0 Å². The van der Waals surface area contributed by atoms with Crippen LogP contribution in [-0.4, -0.2) is 40.1 Å². The molecule has 23 heavy (non-hydrogen) atoms. The van der Waals surface area contributed by atoms with E-state index in [0.29, 0.717) is 0 Å². The number of β-amino-alcohol motifs (C(OH)–C–C–N with tert-alkyl or cyclic N) is 1. The number of carbonyl (C=O) groups excluding carboxylic acids is 1. The van der Waals surface area contributed by atoms with Crippen LogP contribution in [0.1, 0.15) is 23.6 Å². The molecule has 2 rings (SSSR count). The molecule has 1 N–H and O–H groups in total. The first-order chi connectivity index (χ1) is 10.8. The van der Waals surface area contributed by atoms with Gasteiger partial charge in [-0.15, -0.1) is 11.8 Å². The summed E-state index contributed by atoms with van der Waals surface area (Å²) in [6.07, 6.45) is -5.30. The van der Waals surface area contributed by atoms with Crippen LogP contribution in [0.3, 0.4) is 0 Å². The highest BCUT2D eigenvalue weighted by molar-refractivity contribution is 8.00. The molecule has 1 aromatic carbocycles. The number of likely N-dealkylation sites (tertiary alicyclic amines) is 1. The van der Waals surface area contributed by atoms with Crippen molar-refractivity contribution in [2.75, 3.05) is 18.1 Å². The third-order valence-electron chi connectivity index (χ3n) is 3.62. The van der Waals surface area contributed by atoms with Crippen molar-refractivity contribution in [1.82, 2.24) is 4.90 Å². The smallest absolute Gasteiger partial charge is 0.391 e. The van der Waals surface area contributed by atoms with Crippen molar-refractivity contribution in [1.29, 1.82) is 5.26 Å². The van der Waals surface area contributed by atoms with Crippen molar-refractivity contribution in [3.63, 3.8) is 0 Å². The third kappa shape index (κ3) is 4.18. The number of nitriles is 1. The molecule has 1 fully saturated rings. The summed E-state index contributed by atoms with van der Waals surface area (Å²) in [7, 11) is 0. The lowest BCUT2D eigenvalue weighted by Gasteiger charge is -2.27.